The van der Waals surface area contributed by atoms with Crippen LogP contribution in [-0.2, 0) is 0 Å². The minimum atomic E-state index is -0.187. The predicted molar refractivity (Wildman–Crippen MR) is 81.8 cm³/mol. The third-order valence-electron chi connectivity index (χ3n) is 3.52. The van der Waals surface area contributed by atoms with Crippen molar-refractivity contribution >= 4 is 27.7 Å². The van der Waals surface area contributed by atoms with E-state index in [2.05, 4.69) is 26.2 Å². The van der Waals surface area contributed by atoms with Crippen molar-refractivity contribution in [3.05, 3.63) is 22.3 Å². The van der Waals surface area contributed by atoms with E-state index < -0.39 is 0 Å². The van der Waals surface area contributed by atoms with Gasteiger partial charge in [-0.05, 0) is 47.7 Å². The number of aliphatic hydroxyl groups is 1. The van der Waals surface area contributed by atoms with Crippen molar-refractivity contribution in [1.82, 2.24) is 9.88 Å². The number of carbonyl (C=O) groups excluding carboxylic acids is 1. The molecule has 1 aliphatic rings. The van der Waals surface area contributed by atoms with Crippen molar-refractivity contribution < 1.29 is 9.90 Å². The van der Waals surface area contributed by atoms with E-state index in [-0.39, 0.29) is 12.0 Å². The molecule has 0 spiro atoms. The van der Waals surface area contributed by atoms with Gasteiger partial charge in [-0.2, -0.15) is 0 Å². The number of aliphatic hydroxyl groups excluding tert-OH is 1. The molecule has 1 fully saturated rings. The van der Waals surface area contributed by atoms with Gasteiger partial charge in [-0.3, -0.25) is 4.79 Å². The van der Waals surface area contributed by atoms with E-state index in [9.17, 15) is 9.90 Å². The van der Waals surface area contributed by atoms with Crippen molar-refractivity contribution in [1.29, 1.82) is 0 Å². The molecule has 20 heavy (non-hydrogen) atoms. The maximum atomic E-state index is 12.5. The summed E-state index contributed by atoms with van der Waals surface area (Å²) < 4.78 is 0.787. The number of rotatable bonds is 5. The van der Waals surface area contributed by atoms with Crippen molar-refractivity contribution in [2.24, 2.45) is 5.92 Å². The molecule has 2 N–H and O–H groups in total. The molecule has 1 heterocycles. The summed E-state index contributed by atoms with van der Waals surface area (Å²) in [5, 5.41) is 12.4. The predicted octanol–water partition coefficient (Wildman–Crippen LogP) is 2.12. The first kappa shape index (κ1) is 15.3. The van der Waals surface area contributed by atoms with Gasteiger partial charge in [-0.25, -0.2) is 4.98 Å². The van der Waals surface area contributed by atoms with Crippen LogP contribution in [0.4, 0.5) is 5.82 Å². The molecular weight excluding hydrogens is 322 g/mol. The summed E-state index contributed by atoms with van der Waals surface area (Å²) in [5.41, 5.74) is 0.573. The lowest BCUT2D eigenvalue weighted by atomic mass is 9.82. The fourth-order valence-corrected chi connectivity index (χ4v) is 2.77. The number of anilines is 1. The van der Waals surface area contributed by atoms with E-state index in [0.717, 1.165) is 17.3 Å². The number of pyridine rings is 1. The highest BCUT2D eigenvalue weighted by Crippen LogP contribution is 2.28. The Morgan fingerprint density at radius 3 is 2.90 bits per heavy atom. The Labute approximate surface area is 127 Å². The highest BCUT2D eigenvalue weighted by atomic mass is 79.9. The summed E-state index contributed by atoms with van der Waals surface area (Å²) in [4.78, 5) is 18.5. The van der Waals surface area contributed by atoms with Crippen LogP contribution < -0.4 is 5.32 Å². The Morgan fingerprint density at radius 2 is 2.30 bits per heavy atom. The van der Waals surface area contributed by atoms with E-state index in [4.69, 9.17) is 0 Å². The molecular formula is C14H20BrN3O2. The topological polar surface area (TPSA) is 65.5 Å². The van der Waals surface area contributed by atoms with Gasteiger partial charge in [0.2, 0.25) is 0 Å². The third kappa shape index (κ3) is 3.49. The van der Waals surface area contributed by atoms with Crippen LogP contribution in [-0.4, -0.2) is 47.1 Å². The number of hydrogen-bond donors (Lipinski definition) is 2. The van der Waals surface area contributed by atoms with Gasteiger partial charge in [0.05, 0.1) is 11.7 Å². The van der Waals surface area contributed by atoms with Crippen LogP contribution in [0.25, 0.3) is 0 Å². The zero-order valence-corrected chi connectivity index (χ0v) is 13.4. The second-order valence-corrected chi connectivity index (χ2v) is 6.17. The minimum Gasteiger partial charge on any atom is -0.393 e. The molecule has 0 atom stereocenters. The largest absolute Gasteiger partial charge is 0.393 e. The second-order valence-electron chi connectivity index (χ2n) is 5.26. The summed E-state index contributed by atoms with van der Waals surface area (Å²) in [5.74, 6) is 0.971. The first-order valence-corrected chi connectivity index (χ1v) is 7.63. The Morgan fingerprint density at radius 1 is 1.60 bits per heavy atom. The van der Waals surface area contributed by atoms with Gasteiger partial charge in [0.1, 0.15) is 5.82 Å². The summed E-state index contributed by atoms with van der Waals surface area (Å²) in [6.07, 6.45) is 3.06. The first-order valence-electron chi connectivity index (χ1n) is 6.84. The lowest BCUT2D eigenvalue weighted by Gasteiger charge is -2.34. The second kappa shape index (κ2) is 6.54. The van der Waals surface area contributed by atoms with E-state index >= 15 is 0 Å². The molecule has 0 aromatic carbocycles. The maximum Gasteiger partial charge on any atom is 0.257 e. The number of nitrogens with one attached hydrogen (secondary N) is 1. The molecule has 0 unspecified atom stereocenters. The zero-order valence-electron chi connectivity index (χ0n) is 11.8. The number of hydrogen-bond acceptors (Lipinski definition) is 4. The van der Waals surface area contributed by atoms with E-state index in [1.54, 1.807) is 24.2 Å². The normalized spacial score (nSPS) is 21.2. The molecule has 1 saturated carbocycles. The van der Waals surface area contributed by atoms with Crippen LogP contribution in [0.3, 0.4) is 0 Å². The van der Waals surface area contributed by atoms with Crippen molar-refractivity contribution in [2.75, 3.05) is 25.5 Å². The van der Waals surface area contributed by atoms with Crippen LogP contribution in [0.15, 0.2) is 16.7 Å². The molecule has 6 heteroatoms. The molecule has 1 aromatic heterocycles. The Hall–Kier alpha value is -1.14. The van der Waals surface area contributed by atoms with Crippen molar-refractivity contribution in [3.63, 3.8) is 0 Å². The van der Waals surface area contributed by atoms with E-state index in [1.165, 1.54) is 0 Å². The number of carbonyl (C=O) groups is 1. The standard InChI is InChI=1S/C14H20BrN3O2/c1-3-16-13-12(6-10(15)7-17-13)14(20)18(2)8-9-4-11(19)5-9/h6-7,9,11,19H,3-5,8H2,1-2H3,(H,16,17). The molecule has 0 aliphatic heterocycles. The fourth-order valence-electron chi connectivity index (χ4n) is 2.44. The van der Waals surface area contributed by atoms with Gasteiger partial charge in [-0.1, -0.05) is 0 Å². The smallest absolute Gasteiger partial charge is 0.257 e. The molecule has 1 aromatic rings. The van der Waals surface area contributed by atoms with E-state index in [1.807, 2.05) is 6.92 Å². The highest BCUT2D eigenvalue weighted by molar-refractivity contribution is 9.10. The first-order chi connectivity index (χ1) is 9.51. The van der Waals surface area contributed by atoms with Gasteiger partial charge in [0.25, 0.3) is 5.91 Å². The quantitative estimate of drug-likeness (QED) is 0.860. The monoisotopic (exact) mass is 341 g/mol. The zero-order chi connectivity index (χ0) is 14.7. The van der Waals surface area contributed by atoms with Gasteiger partial charge >= 0.3 is 0 Å². The lowest BCUT2D eigenvalue weighted by Crippen LogP contribution is -2.39. The van der Waals surface area contributed by atoms with Gasteiger partial charge in [0, 0.05) is 30.8 Å². The molecule has 0 radical (unpaired) electrons. The van der Waals surface area contributed by atoms with Crippen LogP contribution in [0.1, 0.15) is 30.1 Å². The van der Waals surface area contributed by atoms with Crippen LogP contribution in [0.5, 0.6) is 0 Å². The average molecular weight is 342 g/mol. The Bertz CT molecular complexity index is 489. The average Bonchev–Trinajstić information content (AvgIpc) is 2.38. The minimum absolute atomic E-state index is 0.0452. The van der Waals surface area contributed by atoms with Gasteiger partial charge in [0.15, 0.2) is 0 Å². The van der Waals surface area contributed by atoms with Crippen LogP contribution in [0, 0.1) is 5.92 Å². The molecule has 110 valence electrons. The third-order valence-corrected chi connectivity index (χ3v) is 3.95. The van der Waals surface area contributed by atoms with Gasteiger partial charge in [-0.15, -0.1) is 0 Å². The van der Waals surface area contributed by atoms with E-state index in [0.29, 0.717) is 30.4 Å². The molecule has 2 rings (SSSR count). The number of amides is 1. The Balaban J connectivity index is 2.08. The van der Waals surface area contributed by atoms with Crippen LogP contribution in [0.2, 0.25) is 0 Å². The molecule has 0 bridgehead atoms. The molecule has 1 amide bonds. The highest BCUT2D eigenvalue weighted by Gasteiger charge is 2.29. The van der Waals surface area contributed by atoms with Crippen LogP contribution >= 0.6 is 15.9 Å². The summed E-state index contributed by atoms with van der Waals surface area (Å²) in [6, 6.07) is 1.79. The summed E-state index contributed by atoms with van der Waals surface area (Å²) in [7, 11) is 1.80. The Kier molecular flexibility index (Phi) is 4.99. The summed E-state index contributed by atoms with van der Waals surface area (Å²) in [6.45, 7) is 3.36. The lowest BCUT2D eigenvalue weighted by molar-refractivity contribution is 0.0265. The molecule has 0 saturated heterocycles. The fraction of sp³-hybridized carbons (Fsp3) is 0.571. The summed E-state index contributed by atoms with van der Waals surface area (Å²) >= 11 is 3.35. The maximum absolute atomic E-state index is 12.5. The van der Waals surface area contributed by atoms with Crippen molar-refractivity contribution in [2.45, 2.75) is 25.9 Å². The van der Waals surface area contributed by atoms with Crippen molar-refractivity contribution in [3.8, 4) is 0 Å². The number of aromatic nitrogens is 1. The molecule has 1 aliphatic carbocycles. The molecule has 5 nitrogen and oxygen atoms in total. The SMILES string of the molecule is CCNc1ncc(Br)cc1C(=O)N(C)CC1CC(O)C1. The number of halogens is 1. The number of nitrogens with zero attached hydrogens (tertiary/aromatic N) is 2. The van der Waals surface area contributed by atoms with Gasteiger partial charge < -0.3 is 15.3 Å².